The topological polar surface area (TPSA) is 78.9 Å². The molecule has 0 radical (unpaired) electrons. The fourth-order valence-electron chi connectivity index (χ4n) is 9.85. The minimum Gasteiger partial charge on any atom is -0.462 e. The first kappa shape index (κ1) is 77.3. The summed E-state index contributed by atoms with van der Waals surface area (Å²) >= 11 is 0. The van der Waals surface area contributed by atoms with E-state index in [4.69, 9.17) is 14.2 Å². The summed E-state index contributed by atoms with van der Waals surface area (Å²) in [6.45, 7) is 6.51. The van der Waals surface area contributed by atoms with E-state index in [1.54, 1.807) is 0 Å². The number of hydrogen-bond acceptors (Lipinski definition) is 6. The largest absolute Gasteiger partial charge is 0.462 e. The second-order valence-electron chi connectivity index (χ2n) is 23.1. The van der Waals surface area contributed by atoms with Crippen LogP contribution in [0.15, 0.2) is 97.2 Å². The van der Waals surface area contributed by atoms with Gasteiger partial charge in [0.1, 0.15) is 13.2 Å². The zero-order valence-corrected chi connectivity index (χ0v) is 53.5. The lowest BCUT2D eigenvalue weighted by molar-refractivity contribution is -0.167. The van der Waals surface area contributed by atoms with Gasteiger partial charge >= 0.3 is 17.9 Å². The Morgan fingerprint density at radius 3 is 0.753 bits per heavy atom. The summed E-state index contributed by atoms with van der Waals surface area (Å²) in [5.74, 6) is -0.874. The maximum absolute atomic E-state index is 13.0. The molecule has 6 nitrogen and oxygen atoms in total. The van der Waals surface area contributed by atoms with Gasteiger partial charge in [-0.15, -0.1) is 0 Å². The van der Waals surface area contributed by atoms with Crippen LogP contribution in [0.1, 0.15) is 342 Å². The molecule has 0 bridgehead atoms. The highest BCUT2D eigenvalue weighted by Gasteiger charge is 2.19. The van der Waals surface area contributed by atoms with Gasteiger partial charge in [-0.05, 0) is 122 Å². The van der Waals surface area contributed by atoms with Gasteiger partial charge in [-0.1, -0.05) is 298 Å². The maximum atomic E-state index is 13.0. The second kappa shape index (κ2) is 68.8. The number of ether oxygens (including phenoxy) is 3. The zero-order chi connectivity index (χ0) is 58.5. The third kappa shape index (κ3) is 67.0. The third-order valence-electron chi connectivity index (χ3n) is 15.0. The Morgan fingerprint density at radius 2 is 0.481 bits per heavy atom. The monoisotopic (exact) mass is 1130 g/mol. The molecule has 1 unspecified atom stereocenters. The van der Waals surface area contributed by atoms with Crippen molar-refractivity contribution in [2.75, 3.05) is 13.2 Å². The van der Waals surface area contributed by atoms with Crippen molar-refractivity contribution >= 4 is 17.9 Å². The smallest absolute Gasteiger partial charge is 0.306 e. The molecule has 0 aromatic rings. The molecule has 0 N–H and O–H groups in total. The van der Waals surface area contributed by atoms with Crippen LogP contribution in [0.2, 0.25) is 0 Å². The summed E-state index contributed by atoms with van der Waals surface area (Å²) in [7, 11) is 0. The van der Waals surface area contributed by atoms with Crippen LogP contribution >= 0.6 is 0 Å². The molecule has 0 aromatic heterocycles. The molecule has 0 aliphatic heterocycles. The fourth-order valence-corrected chi connectivity index (χ4v) is 9.85. The number of carbonyl (C=O) groups is 3. The van der Waals surface area contributed by atoms with Crippen molar-refractivity contribution in [2.24, 2.45) is 0 Å². The molecular formula is C75H130O6. The molecule has 0 saturated carbocycles. The van der Waals surface area contributed by atoms with Crippen molar-refractivity contribution in [2.45, 2.75) is 348 Å². The molecule has 0 aromatic carbocycles. The highest BCUT2D eigenvalue weighted by molar-refractivity contribution is 5.71. The van der Waals surface area contributed by atoms with Crippen LogP contribution in [0.3, 0.4) is 0 Å². The Balaban J connectivity index is 4.36. The van der Waals surface area contributed by atoms with E-state index < -0.39 is 6.10 Å². The van der Waals surface area contributed by atoms with Gasteiger partial charge in [0, 0.05) is 19.3 Å². The summed E-state index contributed by atoms with van der Waals surface area (Å²) in [5, 5.41) is 0. The molecule has 466 valence electrons. The molecule has 81 heavy (non-hydrogen) atoms. The van der Waals surface area contributed by atoms with Crippen molar-refractivity contribution in [1.29, 1.82) is 0 Å². The normalized spacial score (nSPS) is 12.7. The van der Waals surface area contributed by atoms with Gasteiger partial charge in [-0.3, -0.25) is 14.4 Å². The number of carbonyl (C=O) groups excluding carboxylic acids is 3. The molecule has 0 amide bonds. The first-order valence-electron chi connectivity index (χ1n) is 34.7. The number of hydrogen-bond donors (Lipinski definition) is 0. The standard InChI is InChI=1S/C75H130O6/c1-4-7-10-13-16-19-22-25-28-31-34-35-36-37-38-39-42-44-47-50-53-56-59-62-65-68-74(77)80-71-72(81-75(78)69-66-63-60-57-54-51-48-45-41-33-30-27-24-21-18-15-12-9-6-3)70-79-73(76)67-64-61-58-55-52-49-46-43-40-32-29-26-23-20-17-14-11-8-5-2/h7,10,16-21,25-30,34-35,72H,4-6,8-9,11-15,22-24,31-33,36-71H2,1-3H3/b10-7-,19-16-,20-17-,21-18-,28-25-,29-26-,30-27-,35-34-. The Kier molecular flexibility index (Phi) is 65.7. The van der Waals surface area contributed by atoms with E-state index >= 15 is 0 Å². The predicted octanol–water partition coefficient (Wildman–Crippen LogP) is 24.0. The van der Waals surface area contributed by atoms with Crippen molar-refractivity contribution in [1.82, 2.24) is 0 Å². The van der Waals surface area contributed by atoms with Crippen molar-refractivity contribution in [3.05, 3.63) is 97.2 Å². The van der Waals surface area contributed by atoms with Crippen LogP contribution in [0.4, 0.5) is 0 Å². The molecular weight excluding hydrogens is 997 g/mol. The molecule has 0 fully saturated rings. The second-order valence-corrected chi connectivity index (χ2v) is 23.1. The van der Waals surface area contributed by atoms with Gasteiger partial charge in [-0.2, -0.15) is 0 Å². The Morgan fingerprint density at radius 1 is 0.259 bits per heavy atom. The maximum Gasteiger partial charge on any atom is 0.306 e. The van der Waals surface area contributed by atoms with Gasteiger partial charge in [0.25, 0.3) is 0 Å². The minimum absolute atomic E-state index is 0.0798. The van der Waals surface area contributed by atoms with Crippen LogP contribution in [-0.4, -0.2) is 37.2 Å². The van der Waals surface area contributed by atoms with Crippen LogP contribution in [0.25, 0.3) is 0 Å². The fraction of sp³-hybridized carbons (Fsp3) is 0.747. The molecule has 0 heterocycles. The number of esters is 3. The van der Waals surface area contributed by atoms with Gasteiger partial charge in [0.2, 0.25) is 0 Å². The van der Waals surface area contributed by atoms with E-state index in [9.17, 15) is 14.4 Å². The summed E-state index contributed by atoms with van der Waals surface area (Å²) in [5.41, 5.74) is 0. The molecule has 1 atom stereocenters. The Hall–Kier alpha value is -3.67. The summed E-state index contributed by atoms with van der Waals surface area (Å²) in [6, 6.07) is 0. The lowest BCUT2D eigenvalue weighted by Crippen LogP contribution is -2.30. The van der Waals surface area contributed by atoms with Gasteiger partial charge in [-0.25, -0.2) is 0 Å². The van der Waals surface area contributed by atoms with Crippen molar-refractivity contribution in [3.8, 4) is 0 Å². The Bertz CT molecular complexity index is 1580. The van der Waals surface area contributed by atoms with E-state index in [1.165, 1.54) is 205 Å². The van der Waals surface area contributed by atoms with Crippen molar-refractivity contribution in [3.63, 3.8) is 0 Å². The summed E-state index contributed by atoms with van der Waals surface area (Å²) in [4.78, 5) is 38.5. The van der Waals surface area contributed by atoms with Crippen LogP contribution in [-0.2, 0) is 28.6 Å². The first-order valence-corrected chi connectivity index (χ1v) is 34.7. The molecule has 6 heteroatoms. The zero-order valence-electron chi connectivity index (χ0n) is 53.5. The average molecular weight is 1130 g/mol. The van der Waals surface area contributed by atoms with Crippen LogP contribution in [0, 0.1) is 0 Å². The number of unbranched alkanes of at least 4 members (excludes halogenated alkanes) is 36. The first-order chi connectivity index (χ1) is 40.0. The van der Waals surface area contributed by atoms with Crippen LogP contribution < -0.4 is 0 Å². The predicted molar refractivity (Wildman–Crippen MR) is 353 cm³/mol. The molecule has 0 spiro atoms. The number of rotatable bonds is 63. The lowest BCUT2D eigenvalue weighted by Gasteiger charge is -2.18. The van der Waals surface area contributed by atoms with E-state index in [1.807, 2.05) is 0 Å². The SMILES string of the molecule is CC/C=C\C/C=C\C/C=C\C/C=C\CCCCCCCCCCCCCCC(=O)OCC(COC(=O)CCCCCCCCCCC/C=C\C/C=C\CCCCC)OC(=O)CCCCCCCCCCC/C=C\C/C=C\CCCCC. The molecule has 0 saturated heterocycles. The quantitative estimate of drug-likeness (QED) is 0.0261. The van der Waals surface area contributed by atoms with E-state index in [-0.39, 0.29) is 31.1 Å². The van der Waals surface area contributed by atoms with E-state index in [2.05, 4.69) is 118 Å². The number of allylic oxidation sites excluding steroid dienone is 16. The highest BCUT2D eigenvalue weighted by atomic mass is 16.6. The molecule has 0 rings (SSSR count). The lowest BCUT2D eigenvalue weighted by atomic mass is 10.0. The van der Waals surface area contributed by atoms with Crippen LogP contribution in [0.5, 0.6) is 0 Å². The summed E-state index contributed by atoms with van der Waals surface area (Å²) in [6.07, 6.45) is 92.7. The van der Waals surface area contributed by atoms with Gasteiger partial charge in [0.15, 0.2) is 6.10 Å². The van der Waals surface area contributed by atoms with Crippen molar-refractivity contribution < 1.29 is 28.6 Å². The average Bonchev–Trinajstić information content (AvgIpc) is 3.47. The highest BCUT2D eigenvalue weighted by Crippen LogP contribution is 2.17. The van der Waals surface area contributed by atoms with Gasteiger partial charge in [0.05, 0.1) is 0 Å². The van der Waals surface area contributed by atoms with E-state index in [0.29, 0.717) is 19.3 Å². The summed E-state index contributed by atoms with van der Waals surface area (Å²) < 4.78 is 17.0. The minimum atomic E-state index is -0.785. The Labute approximate surface area is 502 Å². The third-order valence-corrected chi connectivity index (χ3v) is 15.0. The van der Waals surface area contributed by atoms with E-state index in [0.717, 1.165) is 96.3 Å². The molecule has 0 aliphatic rings. The van der Waals surface area contributed by atoms with Gasteiger partial charge < -0.3 is 14.2 Å². The molecule has 0 aliphatic carbocycles.